The highest BCUT2D eigenvalue weighted by atomic mass is 16.5. The summed E-state index contributed by atoms with van der Waals surface area (Å²) in [5, 5.41) is 8.68. The standard InChI is InChI=1S/C13H19NO4/c15-12(16)9-10-1-3-11(4-2-10)13(17)14-5-7-18-8-6-14/h9,11H,1-8H2,(H,15,16). The summed E-state index contributed by atoms with van der Waals surface area (Å²) in [5.74, 6) is -0.607. The molecule has 1 saturated heterocycles. The van der Waals surface area contributed by atoms with Crippen molar-refractivity contribution in [1.82, 2.24) is 4.90 Å². The molecule has 0 aromatic carbocycles. The fourth-order valence-electron chi connectivity index (χ4n) is 2.60. The third-order valence-corrected chi connectivity index (χ3v) is 3.63. The molecule has 0 radical (unpaired) electrons. The molecule has 1 N–H and O–H groups in total. The minimum absolute atomic E-state index is 0.0639. The first-order chi connectivity index (χ1) is 8.66. The number of hydrogen-bond acceptors (Lipinski definition) is 3. The van der Waals surface area contributed by atoms with Gasteiger partial charge in [0.2, 0.25) is 5.91 Å². The average Bonchev–Trinajstić information content (AvgIpc) is 2.39. The van der Waals surface area contributed by atoms with Crippen LogP contribution in [-0.4, -0.2) is 48.2 Å². The van der Waals surface area contributed by atoms with E-state index in [2.05, 4.69) is 0 Å². The van der Waals surface area contributed by atoms with E-state index in [0.717, 1.165) is 31.3 Å². The third-order valence-electron chi connectivity index (χ3n) is 3.63. The Morgan fingerprint density at radius 2 is 1.83 bits per heavy atom. The Morgan fingerprint density at radius 3 is 2.39 bits per heavy atom. The Hall–Kier alpha value is -1.36. The minimum Gasteiger partial charge on any atom is -0.478 e. The molecule has 1 aliphatic heterocycles. The van der Waals surface area contributed by atoms with Gasteiger partial charge in [0, 0.05) is 25.1 Å². The second kappa shape index (κ2) is 6.00. The molecule has 5 heteroatoms. The van der Waals surface area contributed by atoms with Crippen molar-refractivity contribution < 1.29 is 19.4 Å². The number of carboxylic acids is 1. The van der Waals surface area contributed by atoms with Crippen LogP contribution in [0.25, 0.3) is 0 Å². The highest BCUT2D eigenvalue weighted by Crippen LogP contribution is 2.29. The zero-order valence-corrected chi connectivity index (χ0v) is 10.4. The molecule has 5 nitrogen and oxygen atoms in total. The molecule has 0 spiro atoms. The van der Waals surface area contributed by atoms with E-state index in [1.165, 1.54) is 6.08 Å². The number of hydrogen-bond donors (Lipinski definition) is 1. The molecule has 18 heavy (non-hydrogen) atoms. The maximum Gasteiger partial charge on any atom is 0.328 e. The van der Waals surface area contributed by atoms with Crippen LogP contribution in [0.4, 0.5) is 0 Å². The quantitative estimate of drug-likeness (QED) is 0.747. The van der Waals surface area contributed by atoms with Crippen LogP contribution >= 0.6 is 0 Å². The van der Waals surface area contributed by atoms with Gasteiger partial charge in [-0.2, -0.15) is 0 Å². The number of rotatable bonds is 2. The Kier molecular flexibility index (Phi) is 4.36. The van der Waals surface area contributed by atoms with Crippen LogP contribution in [0.3, 0.4) is 0 Å². The average molecular weight is 253 g/mol. The van der Waals surface area contributed by atoms with Crippen molar-refractivity contribution >= 4 is 11.9 Å². The molecule has 1 saturated carbocycles. The minimum atomic E-state index is -0.886. The number of aliphatic carboxylic acids is 1. The van der Waals surface area contributed by atoms with Gasteiger partial charge in [-0.15, -0.1) is 0 Å². The molecular formula is C13H19NO4. The Balaban J connectivity index is 1.85. The van der Waals surface area contributed by atoms with Crippen molar-refractivity contribution in [3.8, 4) is 0 Å². The van der Waals surface area contributed by atoms with Gasteiger partial charge >= 0.3 is 5.97 Å². The van der Waals surface area contributed by atoms with Crippen molar-refractivity contribution in [2.45, 2.75) is 25.7 Å². The molecule has 2 fully saturated rings. The van der Waals surface area contributed by atoms with Gasteiger partial charge in [-0.1, -0.05) is 5.57 Å². The number of nitrogens with zero attached hydrogens (tertiary/aromatic N) is 1. The van der Waals surface area contributed by atoms with Gasteiger partial charge in [-0.3, -0.25) is 4.79 Å². The summed E-state index contributed by atoms with van der Waals surface area (Å²) in [6.45, 7) is 2.63. The van der Waals surface area contributed by atoms with Crippen molar-refractivity contribution in [2.24, 2.45) is 5.92 Å². The Morgan fingerprint density at radius 1 is 1.22 bits per heavy atom. The van der Waals surface area contributed by atoms with E-state index in [1.54, 1.807) is 0 Å². The van der Waals surface area contributed by atoms with Crippen LogP contribution in [-0.2, 0) is 14.3 Å². The molecular weight excluding hydrogens is 234 g/mol. The molecule has 0 unspecified atom stereocenters. The van der Waals surface area contributed by atoms with E-state index in [-0.39, 0.29) is 11.8 Å². The molecule has 0 bridgehead atoms. The number of morpholine rings is 1. The summed E-state index contributed by atoms with van der Waals surface area (Å²) in [7, 11) is 0. The van der Waals surface area contributed by atoms with Crippen molar-refractivity contribution in [3.05, 3.63) is 11.6 Å². The first kappa shape index (κ1) is 13.1. The van der Waals surface area contributed by atoms with Gasteiger partial charge in [0.1, 0.15) is 0 Å². The van der Waals surface area contributed by atoms with Gasteiger partial charge in [0.25, 0.3) is 0 Å². The monoisotopic (exact) mass is 253 g/mol. The number of ether oxygens (including phenoxy) is 1. The molecule has 1 aliphatic carbocycles. The number of amides is 1. The van der Waals surface area contributed by atoms with E-state index < -0.39 is 5.97 Å². The van der Waals surface area contributed by atoms with Gasteiger partial charge < -0.3 is 14.7 Å². The van der Waals surface area contributed by atoms with E-state index in [9.17, 15) is 9.59 Å². The molecule has 2 aliphatic rings. The molecule has 1 heterocycles. The predicted octanol–water partition coefficient (Wildman–Crippen LogP) is 1.05. The normalized spacial score (nSPS) is 24.8. The van der Waals surface area contributed by atoms with E-state index >= 15 is 0 Å². The fraction of sp³-hybridized carbons (Fsp3) is 0.692. The summed E-state index contributed by atoms with van der Waals surface area (Å²) in [5.41, 5.74) is 0.952. The topological polar surface area (TPSA) is 66.8 Å². The van der Waals surface area contributed by atoms with Gasteiger partial charge in [-0.05, 0) is 25.7 Å². The lowest BCUT2D eigenvalue weighted by atomic mass is 9.84. The lowest BCUT2D eigenvalue weighted by molar-refractivity contribution is -0.140. The lowest BCUT2D eigenvalue weighted by Crippen LogP contribution is -2.44. The summed E-state index contributed by atoms with van der Waals surface area (Å²) >= 11 is 0. The number of carbonyl (C=O) groups is 2. The third kappa shape index (κ3) is 3.32. The zero-order valence-electron chi connectivity index (χ0n) is 10.4. The summed E-state index contributed by atoms with van der Waals surface area (Å²) in [6, 6.07) is 0. The lowest BCUT2D eigenvalue weighted by Gasteiger charge is -2.32. The molecule has 100 valence electrons. The maximum atomic E-state index is 12.2. The molecule has 0 atom stereocenters. The Labute approximate surface area is 106 Å². The SMILES string of the molecule is O=C(O)C=C1CCC(C(=O)N2CCOCC2)CC1. The smallest absolute Gasteiger partial charge is 0.328 e. The van der Waals surface area contributed by atoms with Gasteiger partial charge in [0.05, 0.1) is 13.2 Å². The summed E-state index contributed by atoms with van der Waals surface area (Å²) < 4.78 is 5.23. The zero-order chi connectivity index (χ0) is 13.0. The second-order valence-corrected chi connectivity index (χ2v) is 4.85. The van der Waals surface area contributed by atoms with E-state index in [0.29, 0.717) is 26.3 Å². The maximum absolute atomic E-state index is 12.2. The van der Waals surface area contributed by atoms with Gasteiger partial charge in [0.15, 0.2) is 0 Å². The molecule has 0 aromatic heterocycles. The van der Waals surface area contributed by atoms with Crippen molar-refractivity contribution in [1.29, 1.82) is 0 Å². The largest absolute Gasteiger partial charge is 0.478 e. The number of carbonyl (C=O) groups excluding carboxylic acids is 1. The van der Waals surface area contributed by atoms with Crippen LogP contribution in [0.1, 0.15) is 25.7 Å². The van der Waals surface area contributed by atoms with E-state index in [4.69, 9.17) is 9.84 Å². The highest BCUT2D eigenvalue weighted by Gasteiger charge is 2.28. The Bertz CT molecular complexity index is 348. The second-order valence-electron chi connectivity index (χ2n) is 4.85. The van der Waals surface area contributed by atoms with Gasteiger partial charge in [-0.25, -0.2) is 4.79 Å². The van der Waals surface area contributed by atoms with Crippen LogP contribution in [0.15, 0.2) is 11.6 Å². The molecule has 0 aromatic rings. The number of allylic oxidation sites excluding steroid dienone is 1. The first-order valence-corrected chi connectivity index (χ1v) is 6.45. The van der Waals surface area contributed by atoms with Crippen LogP contribution in [0, 0.1) is 5.92 Å². The van der Waals surface area contributed by atoms with Crippen LogP contribution < -0.4 is 0 Å². The van der Waals surface area contributed by atoms with Crippen molar-refractivity contribution in [2.75, 3.05) is 26.3 Å². The van der Waals surface area contributed by atoms with E-state index in [1.807, 2.05) is 4.90 Å². The summed E-state index contributed by atoms with van der Waals surface area (Å²) in [4.78, 5) is 24.7. The number of carboxylic acid groups (broad SMARTS) is 1. The molecule has 1 amide bonds. The highest BCUT2D eigenvalue weighted by molar-refractivity contribution is 5.81. The predicted molar refractivity (Wildman–Crippen MR) is 65.1 cm³/mol. The summed E-state index contributed by atoms with van der Waals surface area (Å²) in [6.07, 6.45) is 4.29. The fourth-order valence-corrected chi connectivity index (χ4v) is 2.60. The molecule has 2 rings (SSSR count). The first-order valence-electron chi connectivity index (χ1n) is 6.45. The van der Waals surface area contributed by atoms with Crippen molar-refractivity contribution in [3.63, 3.8) is 0 Å². The van der Waals surface area contributed by atoms with Crippen LogP contribution in [0.5, 0.6) is 0 Å². The van der Waals surface area contributed by atoms with Crippen LogP contribution in [0.2, 0.25) is 0 Å².